The van der Waals surface area contributed by atoms with E-state index in [9.17, 15) is 48.4 Å². The lowest BCUT2D eigenvalue weighted by molar-refractivity contribution is -0.142. The fourth-order valence-corrected chi connectivity index (χ4v) is 3.52. The van der Waals surface area contributed by atoms with E-state index < -0.39 is 75.8 Å². The summed E-state index contributed by atoms with van der Waals surface area (Å²) in [7, 11) is 0. The second-order valence-corrected chi connectivity index (χ2v) is 8.07. The molecule has 0 bridgehead atoms. The number of alkyl halides is 4. The SMILES string of the molecule is CC.Cc1ccc(-c2cc(F)c(CF)c(F)c2)c(F)c1.FOc1ccc(-c2cc(F)c(C(F)(F)F)c(F)c2)c(F)c1. The van der Waals surface area contributed by atoms with Crippen molar-refractivity contribution in [3.05, 3.63) is 112 Å². The molecule has 4 aromatic rings. The number of rotatable bonds is 4. The van der Waals surface area contributed by atoms with Gasteiger partial charge in [0, 0.05) is 21.7 Å². The Morgan fingerprint density at radius 1 is 0.610 bits per heavy atom. The van der Waals surface area contributed by atoms with Gasteiger partial charge in [0.2, 0.25) is 0 Å². The van der Waals surface area contributed by atoms with Gasteiger partial charge in [-0.1, -0.05) is 26.0 Å². The Hall–Kier alpha value is -4.09. The molecule has 0 saturated heterocycles. The van der Waals surface area contributed by atoms with Gasteiger partial charge in [-0.2, -0.15) is 13.2 Å². The van der Waals surface area contributed by atoms with Gasteiger partial charge in [-0.3, -0.25) is 4.94 Å². The summed E-state index contributed by atoms with van der Waals surface area (Å²) in [6.07, 6.45) is -5.21. The zero-order valence-electron chi connectivity index (χ0n) is 21.5. The Morgan fingerprint density at radius 2 is 1.05 bits per heavy atom. The minimum Gasteiger partial charge on any atom is -0.294 e. The van der Waals surface area contributed by atoms with Crippen molar-refractivity contribution in [2.45, 2.75) is 33.6 Å². The molecule has 12 heteroatoms. The molecular formula is C29H21F11O. The molecule has 0 unspecified atom stereocenters. The molecule has 0 N–H and O–H groups in total. The van der Waals surface area contributed by atoms with Crippen LogP contribution >= 0.6 is 0 Å². The summed E-state index contributed by atoms with van der Waals surface area (Å²) in [5.41, 5.74) is -2.70. The van der Waals surface area contributed by atoms with Crippen LogP contribution in [-0.4, -0.2) is 0 Å². The zero-order chi connectivity index (χ0) is 31.1. The van der Waals surface area contributed by atoms with Gasteiger partial charge < -0.3 is 0 Å². The molecule has 41 heavy (non-hydrogen) atoms. The van der Waals surface area contributed by atoms with E-state index in [1.54, 1.807) is 13.0 Å². The first-order valence-corrected chi connectivity index (χ1v) is 11.7. The molecule has 0 heterocycles. The molecule has 0 atom stereocenters. The molecule has 0 aliphatic heterocycles. The van der Waals surface area contributed by atoms with Crippen LogP contribution in [0.5, 0.6) is 5.75 Å². The molecule has 0 radical (unpaired) electrons. The monoisotopic (exact) mass is 594 g/mol. The van der Waals surface area contributed by atoms with E-state index in [2.05, 4.69) is 4.94 Å². The summed E-state index contributed by atoms with van der Waals surface area (Å²) in [5, 5.41) is 0. The van der Waals surface area contributed by atoms with Gasteiger partial charge in [0.1, 0.15) is 47.1 Å². The highest BCUT2D eigenvalue weighted by Crippen LogP contribution is 2.37. The predicted octanol–water partition coefficient (Wildman–Crippen LogP) is 10.6. The molecule has 0 aliphatic rings. The summed E-state index contributed by atoms with van der Waals surface area (Å²) in [5.74, 6) is -7.93. The molecule has 0 saturated carbocycles. The van der Waals surface area contributed by atoms with Crippen molar-refractivity contribution < 1.29 is 53.4 Å². The van der Waals surface area contributed by atoms with Crippen molar-refractivity contribution in [2.75, 3.05) is 0 Å². The molecule has 220 valence electrons. The Morgan fingerprint density at radius 3 is 1.44 bits per heavy atom. The lowest BCUT2D eigenvalue weighted by Gasteiger charge is -2.11. The third-order valence-electron chi connectivity index (χ3n) is 5.38. The van der Waals surface area contributed by atoms with E-state index in [0.717, 1.165) is 24.3 Å². The normalized spacial score (nSPS) is 10.8. The van der Waals surface area contributed by atoms with Crippen molar-refractivity contribution in [1.82, 2.24) is 0 Å². The first kappa shape index (κ1) is 33.1. The summed E-state index contributed by atoms with van der Waals surface area (Å²) in [6, 6.07) is 9.37. The molecule has 4 rings (SSSR count). The van der Waals surface area contributed by atoms with Crippen LogP contribution in [0.4, 0.5) is 48.4 Å². The molecule has 0 amide bonds. The first-order valence-electron chi connectivity index (χ1n) is 11.7. The molecule has 0 fully saturated rings. The van der Waals surface area contributed by atoms with E-state index in [1.165, 1.54) is 12.1 Å². The Balaban J connectivity index is 0.000000273. The largest absolute Gasteiger partial charge is 0.422 e. The van der Waals surface area contributed by atoms with Crippen LogP contribution in [0.1, 0.15) is 30.5 Å². The average molecular weight is 594 g/mol. The molecular weight excluding hydrogens is 573 g/mol. The van der Waals surface area contributed by atoms with Crippen molar-refractivity contribution >= 4 is 0 Å². The van der Waals surface area contributed by atoms with Crippen molar-refractivity contribution in [3.8, 4) is 28.0 Å². The van der Waals surface area contributed by atoms with E-state index >= 15 is 0 Å². The minimum atomic E-state index is -5.21. The maximum Gasteiger partial charge on any atom is 0.422 e. The summed E-state index contributed by atoms with van der Waals surface area (Å²) in [4.78, 5) is 3.26. The number of benzene rings is 4. The summed E-state index contributed by atoms with van der Waals surface area (Å²) >= 11 is 0. The van der Waals surface area contributed by atoms with Gasteiger partial charge >= 0.3 is 6.18 Å². The fourth-order valence-electron chi connectivity index (χ4n) is 3.52. The number of aryl methyl sites for hydroxylation is 1. The van der Waals surface area contributed by atoms with Crippen LogP contribution in [0.2, 0.25) is 0 Å². The summed E-state index contributed by atoms with van der Waals surface area (Å²) < 4.78 is 142. The minimum absolute atomic E-state index is 0.0553. The van der Waals surface area contributed by atoms with Crippen LogP contribution < -0.4 is 4.94 Å². The van der Waals surface area contributed by atoms with Gasteiger partial charge in [0.05, 0.1) is 5.56 Å². The van der Waals surface area contributed by atoms with E-state index in [0.29, 0.717) is 23.8 Å². The second-order valence-electron chi connectivity index (χ2n) is 8.07. The van der Waals surface area contributed by atoms with E-state index in [-0.39, 0.29) is 11.1 Å². The van der Waals surface area contributed by atoms with Crippen LogP contribution in [0, 0.1) is 41.8 Å². The highest BCUT2D eigenvalue weighted by molar-refractivity contribution is 5.66. The predicted molar refractivity (Wildman–Crippen MR) is 131 cm³/mol. The van der Waals surface area contributed by atoms with Gasteiger partial charge in [-0.25, -0.2) is 30.7 Å². The van der Waals surface area contributed by atoms with Crippen LogP contribution in [-0.2, 0) is 12.9 Å². The van der Waals surface area contributed by atoms with Gasteiger partial charge in [0.15, 0.2) is 5.75 Å². The van der Waals surface area contributed by atoms with E-state index in [4.69, 9.17) is 0 Å². The van der Waals surface area contributed by atoms with Crippen molar-refractivity contribution in [1.29, 1.82) is 0 Å². The molecule has 0 aromatic heterocycles. The van der Waals surface area contributed by atoms with Crippen molar-refractivity contribution in [2.24, 2.45) is 0 Å². The Bertz CT molecular complexity index is 1450. The Labute approximate surface area is 227 Å². The van der Waals surface area contributed by atoms with Crippen LogP contribution in [0.3, 0.4) is 0 Å². The first-order chi connectivity index (χ1) is 19.3. The topological polar surface area (TPSA) is 9.23 Å². The highest BCUT2D eigenvalue weighted by Gasteiger charge is 2.38. The van der Waals surface area contributed by atoms with Gasteiger partial charge in [-0.15, -0.1) is 0 Å². The fraction of sp³-hybridized carbons (Fsp3) is 0.172. The second kappa shape index (κ2) is 14.0. The quantitative estimate of drug-likeness (QED) is 0.214. The number of hydrogen-bond acceptors (Lipinski definition) is 1. The standard InChI is InChI=1S/C14H10F4.C13H5F7O.C2H6/c1-8-2-3-10(12(16)4-8)9-5-13(17)11(7-15)14(18)6-9;14-9-5-7(21-20)1-2-8(9)6-3-10(15)12(11(16)4-6)13(17,18)19;1-2/h2-6H,7H2,1H3;1-5H;1-2H3. The third kappa shape index (κ3) is 7.99. The maximum atomic E-state index is 13.7. The average Bonchev–Trinajstić information content (AvgIpc) is 2.88. The van der Waals surface area contributed by atoms with Crippen LogP contribution in [0.25, 0.3) is 22.3 Å². The van der Waals surface area contributed by atoms with Crippen molar-refractivity contribution in [3.63, 3.8) is 0 Å². The molecule has 4 aromatic carbocycles. The van der Waals surface area contributed by atoms with Gasteiger partial charge in [-0.05, 0) is 66.1 Å². The third-order valence-corrected chi connectivity index (χ3v) is 5.38. The number of hydrogen-bond donors (Lipinski definition) is 0. The Kier molecular flexibility index (Phi) is 11.3. The zero-order valence-corrected chi connectivity index (χ0v) is 21.5. The lowest BCUT2D eigenvalue weighted by atomic mass is 10.0. The maximum absolute atomic E-state index is 13.7. The lowest BCUT2D eigenvalue weighted by Crippen LogP contribution is -2.11. The van der Waals surface area contributed by atoms with Crippen LogP contribution in [0.15, 0.2) is 60.7 Å². The highest BCUT2D eigenvalue weighted by atomic mass is 19.4. The molecule has 0 aliphatic carbocycles. The summed E-state index contributed by atoms with van der Waals surface area (Å²) in [6.45, 7) is 4.48. The smallest absolute Gasteiger partial charge is 0.294 e. The molecule has 0 spiro atoms. The molecule has 1 nitrogen and oxygen atoms in total. The number of halogens is 11. The van der Waals surface area contributed by atoms with E-state index in [1.807, 2.05) is 13.8 Å². The van der Waals surface area contributed by atoms with Gasteiger partial charge in [0.25, 0.3) is 0 Å².